The van der Waals surface area contributed by atoms with E-state index >= 15 is 0 Å². The molecule has 0 nitrogen and oxygen atoms in total. The first kappa shape index (κ1) is 34.2. The third-order valence-corrected chi connectivity index (χ3v) is 13.8. The second-order valence-corrected chi connectivity index (χ2v) is 17.7. The van der Waals surface area contributed by atoms with E-state index in [0.717, 1.165) is 11.8 Å². The zero-order valence-electron chi connectivity index (χ0n) is 32.6. The van der Waals surface area contributed by atoms with Crippen LogP contribution in [0.1, 0.15) is 83.0 Å². The van der Waals surface area contributed by atoms with Crippen LogP contribution >= 0.6 is 0 Å². The van der Waals surface area contributed by atoms with Crippen molar-refractivity contribution in [2.75, 3.05) is 0 Å². The predicted molar refractivity (Wildman–Crippen MR) is 228 cm³/mol. The highest BCUT2D eigenvalue weighted by Crippen LogP contribution is 2.66. The molecule has 6 aromatic carbocycles. The molecule has 4 saturated carbocycles. The van der Waals surface area contributed by atoms with Gasteiger partial charge in [-0.3, -0.25) is 0 Å². The van der Waals surface area contributed by atoms with Gasteiger partial charge in [0.25, 0.3) is 0 Å². The van der Waals surface area contributed by atoms with Crippen molar-refractivity contribution in [3.05, 3.63) is 172 Å². The summed E-state index contributed by atoms with van der Waals surface area (Å²) in [7, 11) is 0. The van der Waals surface area contributed by atoms with Gasteiger partial charge in [0.15, 0.2) is 0 Å². The highest BCUT2D eigenvalue weighted by Gasteiger charge is 2.58. The van der Waals surface area contributed by atoms with E-state index < -0.39 is 0 Å². The Balaban J connectivity index is 1.04. The molecule has 0 saturated heterocycles. The lowest BCUT2D eigenvalue weighted by atomic mass is 9.34. The quantitative estimate of drug-likeness (QED) is 0.147. The molecule has 4 aliphatic carbocycles. The molecule has 10 rings (SSSR count). The summed E-state index contributed by atoms with van der Waals surface area (Å²) in [5, 5.41) is 0. The molecule has 0 N–H and O–H groups in total. The zero-order valence-corrected chi connectivity index (χ0v) is 32.6. The summed E-state index contributed by atoms with van der Waals surface area (Å²) < 4.78 is 0. The SMILES string of the molecule is Cc1cc(C)c(B(c2ccc(C34CC5CC(C3)CC(c3ccc(-c6ccc(-c7ccccc7)cc6)cc3)(C5)C4)cc2)c2c(C)cc(C)cc2C)c(C)c1. The summed E-state index contributed by atoms with van der Waals surface area (Å²) in [6, 6.07) is 49.2. The van der Waals surface area contributed by atoms with Crippen molar-refractivity contribution in [2.24, 2.45) is 11.8 Å². The molecule has 0 amide bonds. The maximum absolute atomic E-state index is 2.56. The second kappa shape index (κ2) is 13.1. The third-order valence-electron chi connectivity index (χ3n) is 13.8. The molecule has 0 aliphatic heterocycles. The van der Waals surface area contributed by atoms with Crippen LogP contribution in [0.15, 0.2) is 127 Å². The van der Waals surface area contributed by atoms with Gasteiger partial charge in [-0.15, -0.1) is 0 Å². The Hall–Kier alpha value is -4.62. The van der Waals surface area contributed by atoms with E-state index in [1.54, 1.807) is 11.1 Å². The van der Waals surface area contributed by atoms with E-state index in [4.69, 9.17) is 0 Å². The highest BCUT2D eigenvalue weighted by molar-refractivity contribution is 6.96. The zero-order chi connectivity index (χ0) is 36.5. The topological polar surface area (TPSA) is 0 Å². The van der Waals surface area contributed by atoms with Crippen LogP contribution < -0.4 is 16.4 Å². The van der Waals surface area contributed by atoms with Crippen LogP contribution in [0, 0.1) is 53.4 Å². The first-order valence-corrected chi connectivity index (χ1v) is 20.1. The second-order valence-electron chi connectivity index (χ2n) is 17.7. The summed E-state index contributed by atoms with van der Waals surface area (Å²) in [6.45, 7) is 14.0. The average molecular weight is 689 g/mol. The molecule has 53 heavy (non-hydrogen) atoms. The average Bonchev–Trinajstić information content (AvgIpc) is 3.13. The Morgan fingerprint density at radius 1 is 0.434 bits per heavy atom. The van der Waals surface area contributed by atoms with Crippen molar-refractivity contribution < 1.29 is 0 Å². The van der Waals surface area contributed by atoms with E-state index in [0.29, 0.717) is 0 Å². The molecule has 6 aromatic rings. The van der Waals surface area contributed by atoms with Crippen LogP contribution in [-0.2, 0) is 10.8 Å². The smallest absolute Gasteiger partial charge is 0.0686 e. The molecule has 0 aromatic heterocycles. The first-order chi connectivity index (χ1) is 25.6. The van der Waals surface area contributed by atoms with Crippen LogP contribution in [0.25, 0.3) is 22.3 Å². The summed E-state index contributed by atoms with van der Waals surface area (Å²) in [4.78, 5) is 0. The van der Waals surface area contributed by atoms with Gasteiger partial charge in [0.05, 0.1) is 0 Å². The molecule has 0 spiro atoms. The maximum Gasteiger partial charge on any atom is 0.242 e. The minimum Gasteiger partial charge on any atom is -0.0686 e. The number of benzene rings is 6. The van der Waals surface area contributed by atoms with E-state index in [-0.39, 0.29) is 17.5 Å². The van der Waals surface area contributed by atoms with Gasteiger partial charge in [-0.2, -0.15) is 0 Å². The molecule has 2 unspecified atom stereocenters. The number of rotatable bonds is 7. The summed E-state index contributed by atoms with van der Waals surface area (Å²) in [5.41, 5.74) is 21.5. The van der Waals surface area contributed by atoms with Gasteiger partial charge in [0, 0.05) is 0 Å². The van der Waals surface area contributed by atoms with Gasteiger partial charge < -0.3 is 0 Å². The standard InChI is InChI=1S/C52H53B/c1-34-24-36(3)49(37(4)25-34)53(50-38(5)26-35(2)27-39(50)6)48-22-20-47(21-23-48)52-31-40-28-41(32-52)30-51(29-40,33-52)46-18-16-45(17-19-46)44-14-12-43(13-15-44)42-10-8-7-9-11-42/h7-27,40-41H,28-33H2,1-6H3. The molecule has 1 heteroatoms. The summed E-state index contributed by atoms with van der Waals surface area (Å²) in [5.74, 6) is 1.65. The van der Waals surface area contributed by atoms with E-state index in [1.807, 2.05) is 0 Å². The monoisotopic (exact) mass is 688 g/mol. The van der Waals surface area contributed by atoms with E-state index in [1.165, 1.54) is 111 Å². The molecular weight excluding hydrogens is 635 g/mol. The van der Waals surface area contributed by atoms with Crippen molar-refractivity contribution in [1.29, 1.82) is 0 Å². The molecule has 0 radical (unpaired) electrons. The summed E-state index contributed by atoms with van der Waals surface area (Å²) >= 11 is 0. The fraction of sp³-hybridized carbons (Fsp3) is 0.308. The minimum absolute atomic E-state index is 0.223. The predicted octanol–water partition coefficient (Wildman–Crippen LogP) is 11.2. The Labute approximate surface area is 318 Å². The highest BCUT2D eigenvalue weighted by atomic mass is 14.6. The molecular formula is C52H53B. The lowest BCUT2D eigenvalue weighted by molar-refractivity contribution is -0.0281. The maximum atomic E-state index is 2.56. The normalized spacial score (nSPS) is 23.0. The lowest BCUT2D eigenvalue weighted by Gasteiger charge is -2.63. The van der Waals surface area contributed by atoms with Gasteiger partial charge in [-0.1, -0.05) is 177 Å². The van der Waals surface area contributed by atoms with Crippen LogP contribution in [0.3, 0.4) is 0 Å². The Bertz CT molecular complexity index is 2170. The van der Waals surface area contributed by atoms with Gasteiger partial charge in [0.2, 0.25) is 6.71 Å². The fourth-order valence-corrected chi connectivity index (χ4v) is 12.2. The van der Waals surface area contributed by atoms with Crippen LogP contribution in [0.2, 0.25) is 0 Å². The number of hydrogen-bond donors (Lipinski definition) is 0. The Morgan fingerprint density at radius 2 is 0.792 bits per heavy atom. The Kier molecular flexibility index (Phi) is 8.41. The number of aryl methyl sites for hydroxylation is 6. The molecule has 264 valence electrons. The summed E-state index contributed by atoms with van der Waals surface area (Å²) in [6.07, 6.45) is 8.13. The minimum atomic E-state index is 0.223. The van der Waals surface area contributed by atoms with Gasteiger partial charge in [-0.05, 0) is 136 Å². The van der Waals surface area contributed by atoms with Crippen LogP contribution in [0.4, 0.5) is 0 Å². The van der Waals surface area contributed by atoms with E-state index in [9.17, 15) is 0 Å². The fourth-order valence-electron chi connectivity index (χ4n) is 12.2. The van der Waals surface area contributed by atoms with Crippen molar-refractivity contribution in [3.63, 3.8) is 0 Å². The van der Waals surface area contributed by atoms with Crippen LogP contribution in [-0.4, -0.2) is 6.71 Å². The number of hydrogen-bond acceptors (Lipinski definition) is 0. The Morgan fingerprint density at radius 3 is 1.21 bits per heavy atom. The molecule has 0 heterocycles. The van der Waals surface area contributed by atoms with Gasteiger partial charge in [0.1, 0.15) is 0 Å². The van der Waals surface area contributed by atoms with Gasteiger partial charge in [-0.25, -0.2) is 0 Å². The van der Waals surface area contributed by atoms with Crippen molar-refractivity contribution >= 4 is 23.1 Å². The van der Waals surface area contributed by atoms with Crippen molar-refractivity contribution in [1.82, 2.24) is 0 Å². The first-order valence-electron chi connectivity index (χ1n) is 20.1. The van der Waals surface area contributed by atoms with E-state index in [2.05, 4.69) is 169 Å². The lowest BCUT2D eigenvalue weighted by Crippen LogP contribution is -2.57. The van der Waals surface area contributed by atoms with Gasteiger partial charge >= 0.3 is 0 Å². The molecule has 4 fully saturated rings. The molecule has 4 aliphatic rings. The molecule has 2 atom stereocenters. The van der Waals surface area contributed by atoms with Crippen molar-refractivity contribution in [3.8, 4) is 22.3 Å². The third kappa shape index (κ3) is 6.01. The van der Waals surface area contributed by atoms with Crippen molar-refractivity contribution in [2.45, 2.75) is 90.9 Å². The van der Waals surface area contributed by atoms with Crippen LogP contribution in [0.5, 0.6) is 0 Å². The largest absolute Gasteiger partial charge is 0.242 e. The molecule has 4 bridgehead atoms.